The van der Waals surface area contributed by atoms with Crippen molar-refractivity contribution in [2.24, 2.45) is 0 Å². The zero-order chi connectivity index (χ0) is 14.1. The molecule has 1 saturated heterocycles. The molecule has 20 heavy (non-hydrogen) atoms. The molecule has 0 unspecified atom stereocenters. The summed E-state index contributed by atoms with van der Waals surface area (Å²) in [6.07, 6.45) is 3.54. The van der Waals surface area contributed by atoms with Crippen LogP contribution in [0.25, 0.3) is 11.8 Å². The van der Waals surface area contributed by atoms with E-state index in [2.05, 4.69) is 10.4 Å². The number of thiocarbonyl (C=S) groups is 1. The zero-order valence-corrected chi connectivity index (χ0v) is 12.4. The number of benzene rings is 1. The van der Waals surface area contributed by atoms with Crippen molar-refractivity contribution in [1.29, 1.82) is 0 Å². The normalized spacial score (nSPS) is 16.8. The van der Waals surface area contributed by atoms with E-state index in [1.54, 1.807) is 22.9 Å². The van der Waals surface area contributed by atoms with Gasteiger partial charge in [0.25, 0.3) is 5.91 Å². The van der Waals surface area contributed by atoms with E-state index in [1.165, 1.54) is 11.8 Å². The Morgan fingerprint density at radius 3 is 2.70 bits per heavy atom. The van der Waals surface area contributed by atoms with Gasteiger partial charge in [-0.15, -0.1) is 0 Å². The van der Waals surface area contributed by atoms with Crippen LogP contribution in [0.15, 0.2) is 41.4 Å². The molecule has 0 atom stereocenters. The fourth-order valence-corrected chi connectivity index (χ4v) is 2.86. The van der Waals surface area contributed by atoms with Gasteiger partial charge in [-0.2, -0.15) is 5.10 Å². The van der Waals surface area contributed by atoms with E-state index < -0.39 is 0 Å². The first kappa shape index (κ1) is 13.4. The second-order valence-corrected chi connectivity index (χ2v) is 6.17. The van der Waals surface area contributed by atoms with Gasteiger partial charge < -0.3 is 5.32 Å². The summed E-state index contributed by atoms with van der Waals surface area (Å²) in [5.41, 5.74) is 1.60. The van der Waals surface area contributed by atoms with Crippen LogP contribution < -0.4 is 5.32 Å². The van der Waals surface area contributed by atoms with E-state index in [4.69, 9.17) is 23.8 Å². The standard InChI is InChI=1S/C13H8ClN3OS2/c14-8-1-3-10(4-2-8)17-6-5-9(16-17)7-11-12(18)15-13(19)20-11/h1-7H,(H,15,18,19)/b11-7-. The van der Waals surface area contributed by atoms with Gasteiger partial charge in [0, 0.05) is 11.2 Å². The summed E-state index contributed by atoms with van der Waals surface area (Å²) in [5.74, 6) is -0.180. The van der Waals surface area contributed by atoms with Crippen LogP contribution in [-0.4, -0.2) is 20.0 Å². The van der Waals surface area contributed by atoms with E-state index in [0.29, 0.717) is 19.9 Å². The van der Waals surface area contributed by atoms with Crippen LogP contribution in [0, 0.1) is 0 Å². The molecule has 4 nitrogen and oxygen atoms in total. The van der Waals surface area contributed by atoms with Crippen LogP contribution in [-0.2, 0) is 4.79 Å². The number of carbonyl (C=O) groups excluding carboxylic acids is 1. The van der Waals surface area contributed by atoms with Gasteiger partial charge in [-0.3, -0.25) is 4.79 Å². The van der Waals surface area contributed by atoms with Gasteiger partial charge >= 0.3 is 0 Å². The Labute approximate surface area is 129 Å². The molecule has 1 fully saturated rings. The van der Waals surface area contributed by atoms with Gasteiger partial charge in [0.15, 0.2) is 0 Å². The van der Waals surface area contributed by atoms with Gasteiger partial charge in [0.1, 0.15) is 4.32 Å². The lowest BCUT2D eigenvalue weighted by Crippen LogP contribution is -2.17. The van der Waals surface area contributed by atoms with Gasteiger partial charge in [-0.25, -0.2) is 4.68 Å². The van der Waals surface area contributed by atoms with Crippen LogP contribution in [0.1, 0.15) is 5.69 Å². The third kappa shape index (κ3) is 2.77. The topological polar surface area (TPSA) is 46.9 Å². The van der Waals surface area contributed by atoms with E-state index in [0.717, 1.165) is 5.69 Å². The molecule has 1 aromatic carbocycles. The minimum atomic E-state index is -0.180. The maximum atomic E-state index is 11.6. The van der Waals surface area contributed by atoms with Crippen LogP contribution >= 0.6 is 35.6 Å². The summed E-state index contributed by atoms with van der Waals surface area (Å²) >= 11 is 12.0. The summed E-state index contributed by atoms with van der Waals surface area (Å²) in [5, 5.41) is 7.64. The third-order valence-corrected chi connectivity index (χ3v) is 4.04. The summed E-state index contributed by atoms with van der Waals surface area (Å²) in [7, 11) is 0. The predicted octanol–water partition coefficient (Wildman–Crippen LogP) is 3.01. The molecular formula is C13H8ClN3OS2. The molecule has 3 rings (SSSR count). The van der Waals surface area contributed by atoms with Gasteiger partial charge in [-0.1, -0.05) is 35.6 Å². The molecular weight excluding hydrogens is 314 g/mol. The van der Waals surface area contributed by atoms with Crippen molar-refractivity contribution in [3.8, 4) is 5.69 Å². The summed E-state index contributed by atoms with van der Waals surface area (Å²) in [4.78, 5) is 12.1. The van der Waals surface area contributed by atoms with Crippen LogP contribution in [0.3, 0.4) is 0 Å². The molecule has 1 aliphatic heterocycles. The number of thioether (sulfide) groups is 1. The number of carbonyl (C=O) groups is 1. The SMILES string of the molecule is O=C1NC(=S)S/C1=C\c1ccn(-c2ccc(Cl)cc2)n1. The molecule has 0 radical (unpaired) electrons. The molecule has 1 aromatic heterocycles. The van der Waals surface area contributed by atoms with Crippen molar-refractivity contribution in [3.63, 3.8) is 0 Å². The number of hydrogen-bond acceptors (Lipinski definition) is 4. The number of amides is 1. The molecule has 0 saturated carbocycles. The Morgan fingerprint density at radius 2 is 2.05 bits per heavy atom. The number of hydrogen-bond donors (Lipinski definition) is 1. The highest BCUT2D eigenvalue weighted by Gasteiger charge is 2.22. The van der Waals surface area contributed by atoms with E-state index in [1.807, 2.05) is 24.4 Å². The van der Waals surface area contributed by atoms with Crippen molar-refractivity contribution < 1.29 is 4.79 Å². The van der Waals surface area contributed by atoms with Crippen molar-refractivity contribution in [2.45, 2.75) is 0 Å². The second-order valence-electron chi connectivity index (χ2n) is 4.01. The molecule has 0 aliphatic carbocycles. The van der Waals surface area contributed by atoms with Gasteiger partial charge in [0.2, 0.25) is 0 Å². The first-order chi connectivity index (χ1) is 9.61. The molecule has 2 aromatic rings. The molecule has 0 spiro atoms. The molecule has 100 valence electrons. The molecule has 0 bridgehead atoms. The number of halogens is 1. The number of rotatable bonds is 2. The summed E-state index contributed by atoms with van der Waals surface area (Å²) in [6.45, 7) is 0. The van der Waals surface area contributed by atoms with E-state index in [-0.39, 0.29) is 5.91 Å². The summed E-state index contributed by atoms with van der Waals surface area (Å²) in [6, 6.07) is 9.18. The minimum Gasteiger partial charge on any atom is -0.307 e. The fraction of sp³-hybridized carbons (Fsp3) is 0. The Hall–Kier alpha value is -1.63. The highest BCUT2D eigenvalue weighted by molar-refractivity contribution is 8.26. The zero-order valence-electron chi connectivity index (χ0n) is 10.0. The molecule has 1 N–H and O–H groups in total. The Kier molecular flexibility index (Phi) is 3.60. The average Bonchev–Trinajstić information content (AvgIpc) is 2.98. The lowest BCUT2D eigenvalue weighted by molar-refractivity contribution is -0.115. The number of nitrogens with one attached hydrogen (secondary N) is 1. The largest absolute Gasteiger partial charge is 0.307 e. The van der Waals surface area contributed by atoms with Gasteiger partial charge in [-0.05, 0) is 36.4 Å². The average molecular weight is 322 g/mol. The Bertz CT molecular complexity index is 721. The first-order valence-corrected chi connectivity index (χ1v) is 7.28. The second kappa shape index (κ2) is 5.40. The molecule has 1 amide bonds. The lowest BCUT2D eigenvalue weighted by Gasteiger charge is -2.00. The number of aromatic nitrogens is 2. The quantitative estimate of drug-likeness (QED) is 0.682. The Balaban J connectivity index is 1.87. The highest BCUT2D eigenvalue weighted by atomic mass is 35.5. The predicted molar refractivity (Wildman–Crippen MR) is 84.9 cm³/mol. The van der Waals surface area contributed by atoms with Crippen molar-refractivity contribution in [3.05, 3.63) is 52.2 Å². The van der Waals surface area contributed by atoms with E-state index >= 15 is 0 Å². The lowest BCUT2D eigenvalue weighted by atomic mass is 10.3. The van der Waals surface area contributed by atoms with Crippen LogP contribution in [0.5, 0.6) is 0 Å². The van der Waals surface area contributed by atoms with Gasteiger partial charge in [0.05, 0.1) is 16.3 Å². The molecule has 1 aliphatic rings. The fourth-order valence-electron chi connectivity index (χ4n) is 1.71. The molecule has 2 heterocycles. The smallest absolute Gasteiger partial charge is 0.263 e. The molecule has 7 heteroatoms. The maximum absolute atomic E-state index is 11.6. The number of nitrogens with zero attached hydrogens (tertiary/aromatic N) is 2. The van der Waals surface area contributed by atoms with E-state index in [9.17, 15) is 4.79 Å². The first-order valence-electron chi connectivity index (χ1n) is 5.68. The van der Waals surface area contributed by atoms with Crippen LogP contribution in [0.4, 0.5) is 0 Å². The van der Waals surface area contributed by atoms with Crippen molar-refractivity contribution >= 4 is 51.9 Å². The summed E-state index contributed by atoms with van der Waals surface area (Å²) < 4.78 is 2.19. The van der Waals surface area contributed by atoms with Crippen LogP contribution in [0.2, 0.25) is 5.02 Å². The maximum Gasteiger partial charge on any atom is 0.263 e. The van der Waals surface area contributed by atoms with Crippen molar-refractivity contribution in [1.82, 2.24) is 15.1 Å². The Morgan fingerprint density at radius 1 is 1.30 bits per heavy atom. The van der Waals surface area contributed by atoms with Crippen molar-refractivity contribution in [2.75, 3.05) is 0 Å². The highest BCUT2D eigenvalue weighted by Crippen LogP contribution is 2.25. The monoisotopic (exact) mass is 321 g/mol. The minimum absolute atomic E-state index is 0.180. The third-order valence-electron chi connectivity index (χ3n) is 2.62.